The van der Waals surface area contributed by atoms with E-state index in [1.54, 1.807) is 0 Å². The number of benzene rings is 1. The maximum atomic E-state index is 4.83. The van der Waals surface area contributed by atoms with E-state index in [2.05, 4.69) is 39.9 Å². The molecule has 0 atom stereocenters. The zero-order valence-electron chi connectivity index (χ0n) is 11.4. The minimum Gasteiger partial charge on any atom is -0.306 e. The van der Waals surface area contributed by atoms with Crippen molar-refractivity contribution >= 4 is 11.2 Å². The molecular formula is C17H17N3. The first-order chi connectivity index (χ1) is 9.93. The van der Waals surface area contributed by atoms with Gasteiger partial charge in [0.2, 0.25) is 0 Å². The molecule has 4 rings (SSSR count). The summed E-state index contributed by atoms with van der Waals surface area (Å²) < 4.78 is 2.36. The molecule has 1 saturated carbocycles. The van der Waals surface area contributed by atoms with Gasteiger partial charge in [-0.05, 0) is 25.0 Å². The van der Waals surface area contributed by atoms with E-state index < -0.39 is 0 Å². The molecular weight excluding hydrogens is 246 g/mol. The van der Waals surface area contributed by atoms with E-state index in [0.717, 1.165) is 17.0 Å². The summed E-state index contributed by atoms with van der Waals surface area (Å²) in [7, 11) is 0. The Kier molecular flexibility index (Phi) is 2.76. The molecule has 0 aliphatic heterocycles. The van der Waals surface area contributed by atoms with Gasteiger partial charge in [0.25, 0.3) is 0 Å². The van der Waals surface area contributed by atoms with Crippen LogP contribution in [0.4, 0.5) is 0 Å². The summed E-state index contributed by atoms with van der Waals surface area (Å²) in [5.74, 6) is 1.06. The lowest BCUT2D eigenvalue weighted by molar-refractivity contribution is 0.534. The van der Waals surface area contributed by atoms with E-state index in [0.29, 0.717) is 6.04 Å². The van der Waals surface area contributed by atoms with Crippen LogP contribution in [0.5, 0.6) is 0 Å². The van der Waals surface area contributed by atoms with Gasteiger partial charge in [0.05, 0.1) is 0 Å². The van der Waals surface area contributed by atoms with Gasteiger partial charge in [0, 0.05) is 17.8 Å². The molecule has 3 heteroatoms. The lowest BCUT2D eigenvalue weighted by atomic mass is 10.2. The molecule has 3 aromatic rings. The van der Waals surface area contributed by atoms with E-state index in [1.807, 2.05) is 18.3 Å². The van der Waals surface area contributed by atoms with Crippen LogP contribution in [-0.2, 0) is 0 Å². The van der Waals surface area contributed by atoms with Crippen molar-refractivity contribution in [2.75, 3.05) is 0 Å². The number of rotatable bonds is 2. The van der Waals surface area contributed by atoms with Crippen LogP contribution >= 0.6 is 0 Å². The van der Waals surface area contributed by atoms with E-state index in [1.165, 1.54) is 31.2 Å². The Morgan fingerprint density at radius 1 is 0.950 bits per heavy atom. The van der Waals surface area contributed by atoms with Gasteiger partial charge in [-0.3, -0.25) is 0 Å². The highest BCUT2D eigenvalue weighted by Gasteiger charge is 2.23. The molecule has 0 unspecified atom stereocenters. The van der Waals surface area contributed by atoms with Gasteiger partial charge in [-0.25, -0.2) is 9.97 Å². The summed E-state index contributed by atoms with van der Waals surface area (Å²) in [6.45, 7) is 0. The Bertz CT molecular complexity index is 724. The number of pyridine rings is 1. The Hall–Kier alpha value is -2.16. The van der Waals surface area contributed by atoms with Gasteiger partial charge in [0.15, 0.2) is 5.65 Å². The van der Waals surface area contributed by atoms with Crippen molar-refractivity contribution in [1.82, 2.24) is 14.5 Å². The molecule has 2 heterocycles. The number of hydrogen-bond acceptors (Lipinski definition) is 2. The van der Waals surface area contributed by atoms with Crippen molar-refractivity contribution in [2.45, 2.75) is 31.7 Å². The van der Waals surface area contributed by atoms with Crippen LogP contribution in [0.2, 0.25) is 0 Å². The van der Waals surface area contributed by atoms with Gasteiger partial charge < -0.3 is 4.57 Å². The summed E-state index contributed by atoms with van der Waals surface area (Å²) in [6, 6.07) is 15.0. The minimum atomic E-state index is 0.546. The Morgan fingerprint density at radius 3 is 2.55 bits per heavy atom. The van der Waals surface area contributed by atoms with Gasteiger partial charge in [-0.2, -0.15) is 0 Å². The van der Waals surface area contributed by atoms with E-state index in [9.17, 15) is 0 Å². The number of imidazole rings is 1. The number of nitrogens with zero attached hydrogens (tertiary/aromatic N) is 3. The summed E-state index contributed by atoms with van der Waals surface area (Å²) in [4.78, 5) is 9.40. The maximum Gasteiger partial charge on any atom is 0.160 e. The van der Waals surface area contributed by atoms with Gasteiger partial charge >= 0.3 is 0 Å². The topological polar surface area (TPSA) is 30.7 Å². The fourth-order valence-corrected chi connectivity index (χ4v) is 3.23. The third kappa shape index (κ3) is 1.82. The molecule has 1 aliphatic rings. The minimum absolute atomic E-state index is 0.546. The summed E-state index contributed by atoms with van der Waals surface area (Å²) >= 11 is 0. The molecule has 1 aromatic carbocycles. The Labute approximate surface area is 118 Å². The first-order valence-electron chi connectivity index (χ1n) is 7.32. The molecule has 100 valence electrons. The molecule has 2 aromatic heterocycles. The molecule has 0 amide bonds. The third-order valence-corrected chi connectivity index (χ3v) is 4.17. The fourth-order valence-electron chi connectivity index (χ4n) is 3.23. The molecule has 1 fully saturated rings. The highest BCUT2D eigenvalue weighted by atomic mass is 15.2. The van der Waals surface area contributed by atoms with Crippen molar-refractivity contribution in [3.8, 4) is 11.4 Å². The van der Waals surface area contributed by atoms with Crippen LogP contribution in [0, 0.1) is 0 Å². The smallest absolute Gasteiger partial charge is 0.160 e. The van der Waals surface area contributed by atoms with Crippen molar-refractivity contribution in [3.05, 3.63) is 48.7 Å². The molecule has 0 spiro atoms. The van der Waals surface area contributed by atoms with Crippen LogP contribution in [0.15, 0.2) is 48.7 Å². The molecule has 3 nitrogen and oxygen atoms in total. The van der Waals surface area contributed by atoms with Crippen LogP contribution in [0.1, 0.15) is 31.7 Å². The fraction of sp³-hybridized carbons (Fsp3) is 0.294. The summed E-state index contributed by atoms with van der Waals surface area (Å²) in [5.41, 5.74) is 3.20. The van der Waals surface area contributed by atoms with Crippen molar-refractivity contribution < 1.29 is 0 Å². The first kappa shape index (κ1) is 11.6. The maximum absolute atomic E-state index is 4.83. The highest BCUT2D eigenvalue weighted by Crippen LogP contribution is 2.35. The first-order valence-corrected chi connectivity index (χ1v) is 7.32. The van der Waals surface area contributed by atoms with E-state index >= 15 is 0 Å². The zero-order chi connectivity index (χ0) is 13.4. The van der Waals surface area contributed by atoms with Crippen molar-refractivity contribution in [2.24, 2.45) is 0 Å². The number of hydrogen-bond donors (Lipinski definition) is 0. The SMILES string of the molecule is c1ccc(-c2nc3cccnc3n2C2CCCC2)cc1. The lowest BCUT2D eigenvalue weighted by Crippen LogP contribution is -2.07. The number of aromatic nitrogens is 3. The molecule has 1 aliphatic carbocycles. The van der Waals surface area contributed by atoms with Gasteiger partial charge in [-0.1, -0.05) is 43.2 Å². The molecule has 0 N–H and O–H groups in total. The van der Waals surface area contributed by atoms with Gasteiger partial charge in [-0.15, -0.1) is 0 Å². The Balaban J connectivity index is 1.97. The lowest BCUT2D eigenvalue weighted by Gasteiger charge is -2.15. The predicted octanol–water partition coefficient (Wildman–Crippen LogP) is 4.21. The monoisotopic (exact) mass is 263 g/mol. The van der Waals surface area contributed by atoms with Crippen LogP contribution in [0.25, 0.3) is 22.6 Å². The molecule has 0 saturated heterocycles. The molecule has 20 heavy (non-hydrogen) atoms. The van der Waals surface area contributed by atoms with Crippen LogP contribution in [-0.4, -0.2) is 14.5 Å². The highest BCUT2D eigenvalue weighted by molar-refractivity contribution is 5.77. The third-order valence-electron chi connectivity index (χ3n) is 4.17. The van der Waals surface area contributed by atoms with Crippen LogP contribution < -0.4 is 0 Å². The quantitative estimate of drug-likeness (QED) is 0.693. The molecule has 0 bridgehead atoms. The largest absolute Gasteiger partial charge is 0.306 e. The normalized spacial score (nSPS) is 16.0. The Morgan fingerprint density at radius 2 is 1.75 bits per heavy atom. The predicted molar refractivity (Wildman–Crippen MR) is 80.5 cm³/mol. The standard InChI is InChI=1S/C17H17N3/c1-2-7-13(8-3-1)16-19-15-11-6-12-18-17(15)20(16)14-9-4-5-10-14/h1-3,6-8,11-12,14H,4-5,9-10H2. The average molecular weight is 263 g/mol. The second-order valence-corrected chi connectivity index (χ2v) is 5.46. The summed E-state index contributed by atoms with van der Waals surface area (Å²) in [5, 5.41) is 0. The zero-order valence-corrected chi connectivity index (χ0v) is 11.4. The van der Waals surface area contributed by atoms with Crippen LogP contribution in [0.3, 0.4) is 0 Å². The van der Waals surface area contributed by atoms with E-state index in [4.69, 9.17) is 4.98 Å². The van der Waals surface area contributed by atoms with Gasteiger partial charge in [0.1, 0.15) is 11.3 Å². The second kappa shape index (κ2) is 4.75. The van der Waals surface area contributed by atoms with Crippen molar-refractivity contribution in [1.29, 1.82) is 0 Å². The number of fused-ring (bicyclic) bond motifs is 1. The average Bonchev–Trinajstić information content (AvgIpc) is 3.14. The summed E-state index contributed by atoms with van der Waals surface area (Å²) in [6.07, 6.45) is 6.96. The van der Waals surface area contributed by atoms with E-state index in [-0.39, 0.29) is 0 Å². The second-order valence-electron chi connectivity index (χ2n) is 5.46. The molecule has 0 radical (unpaired) electrons. The van der Waals surface area contributed by atoms with Crippen molar-refractivity contribution in [3.63, 3.8) is 0 Å².